The van der Waals surface area contributed by atoms with Crippen LogP contribution >= 0.6 is 0 Å². The Hall–Kier alpha value is -1.63. The summed E-state index contributed by atoms with van der Waals surface area (Å²) < 4.78 is 16.3. The molecule has 0 aromatic heterocycles. The Morgan fingerprint density at radius 1 is 1.40 bits per heavy atom. The van der Waals surface area contributed by atoms with E-state index in [2.05, 4.69) is 0 Å². The number of hydrogen-bond donors (Lipinski definition) is 2. The molecule has 20 heavy (non-hydrogen) atoms. The molecule has 0 bridgehead atoms. The number of ether oxygens (including phenoxy) is 3. The van der Waals surface area contributed by atoms with Crippen molar-refractivity contribution in [1.29, 1.82) is 0 Å². The van der Waals surface area contributed by atoms with E-state index in [0.717, 1.165) is 6.29 Å². The normalized spacial score (nSPS) is 26.1. The Bertz CT molecular complexity index is 461. The predicted octanol–water partition coefficient (Wildman–Crippen LogP) is 0.745. The Labute approximate surface area is 116 Å². The third kappa shape index (κ3) is 3.47. The summed E-state index contributed by atoms with van der Waals surface area (Å²) in [5, 5.41) is 18.8. The first-order valence-electron chi connectivity index (χ1n) is 6.40. The van der Waals surface area contributed by atoms with Gasteiger partial charge in [0.15, 0.2) is 11.5 Å². The second kappa shape index (κ2) is 6.69. The van der Waals surface area contributed by atoms with Crippen molar-refractivity contribution >= 4 is 6.29 Å². The van der Waals surface area contributed by atoms with E-state index < -0.39 is 18.5 Å². The predicted molar refractivity (Wildman–Crippen MR) is 70.0 cm³/mol. The molecule has 2 rings (SSSR count). The van der Waals surface area contributed by atoms with Crippen LogP contribution in [0.15, 0.2) is 18.2 Å². The number of methoxy groups -OCH3 is 1. The number of aliphatic hydroxyl groups excluding tert-OH is 2. The van der Waals surface area contributed by atoms with Crippen LogP contribution in [0, 0.1) is 0 Å². The summed E-state index contributed by atoms with van der Waals surface area (Å²) in [6, 6.07) is 4.78. The van der Waals surface area contributed by atoms with Gasteiger partial charge in [0.25, 0.3) is 0 Å². The van der Waals surface area contributed by atoms with Gasteiger partial charge in [-0.3, -0.25) is 4.79 Å². The van der Waals surface area contributed by atoms with Crippen molar-refractivity contribution in [2.24, 2.45) is 0 Å². The third-order valence-corrected chi connectivity index (χ3v) is 3.13. The average Bonchev–Trinajstić information content (AvgIpc) is 2.47. The lowest BCUT2D eigenvalue weighted by Crippen LogP contribution is -2.40. The van der Waals surface area contributed by atoms with Gasteiger partial charge < -0.3 is 24.4 Å². The Balaban J connectivity index is 2.10. The molecule has 2 N–H and O–H groups in total. The summed E-state index contributed by atoms with van der Waals surface area (Å²) in [5.41, 5.74) is 0.479. The number of aliphatic hydroxyl groups is 2. The van der Waals surface area contributed by atoms with Crippen molar-refractivity contribution in [2.45, 2.75) is 31.3 Å². The first-order valence-corrected chi connectivity index (χ1v) is 6.40. The van der Waals surface area contributed by atoms with Crippen LogP contribution in [-0.4, -0.2) is 48.7 Å². The van der Waals surface area contributed by atoms with Gasteiger partial charge in [0.1, 0.15) is 6.29 Å². The molecule has 0 amide bonds. The van der Waals surface area contributed by atoms with Crippen LogP contribution < -0.4 is 9.47 Å². The van der Waals surface area contributed by atoms with Crippen molar-refractivity contribution < 1.29 is 29.2 Å². The lowest BCUT2D eigenvalue weighted by Gasteiger charge is -2.32. The largest absolute Gasteiger partial charge is 0.493 e. The lowest BCUT2D eigenvalue weighted by molar-refractivity contribution is -0.185. The van der Waals surface area contributed by atoms with E-state index in [-0.39, 0.29) is 6.61 Å². The second-order valence-electron chi connectivity index (χ2n) is 4.64. The van der Waals surface area contributed by atoms with Crippen LogP contribution in [0.2, 0.25) is 0 Å². The zero-order valence-electron chi connectivity index (χ0n) is 11.2. The minimum Gasteiger partial charge on any atom is -0.493 e. The summed E-state index contributed by atoms with van der Waals surface area (Å²) >= 11 is 0. The smallest absolute Gasteiger partial charge is 0.202 e. The van der Waals surface area contributed by atoms with Gasteiger partial charge in [0.2, 0.25) is 6.29 Å². The van der Waals surface area contributed by atoms with Crippen LogP contribution in [0.5, 0.6) is 11.5 Å². The van der Waals surface area contributed by atoms with Gasteiger partial charge in [-0.05, 0) is 18.2 Å². The molecule has 1 aliphatic rings. The van der Waals surface area contributed by atoms with Gasteiger partial charge in [-0.1, -0.05) is 0 Å². The van der Waals surface area contributed by atoms with Gasteiger partial charge in [-0.15, -0.1) is 0 Å². The van der Waals surface area contributed by atoms with Crippen molar-refractivity contribution in [3.05, 3.63) is 23.8 Å². The second-order valence-corrected chi connectivity index (χ2v) is 4.64. The molecular formula is C14H18O6. The van der Waals surface area contributed by atoms with E-state index in [1.54, 1.807) is 18.2 Å². The maximum absolute atomic E-state index is 10.7. The molecule has 6 heteroatoms. The van der Waals surface area contributed by atoms with Crippen molar-refractivity contribution in [3.8, 4) is 11.5 Å². The monoisotopic (exact) mass is 282 g/mol. The maximum atomic E-state index is 10.7. The van der Waals surface area contributed by atoms with Crippen molar-refractivity contribution in [3.63, 3.8) is 0 Å². The summed E-state index contributed by atoms with van der Waals surface area (Å²) in [5.74, 6) is 0.840. The topological polar surface area (TPSA) is 85.2 Å². The molecule has 1 aromatic rings. The molecule has 1 fully saturated rings. The number of rotatable bonds is 5. The zero-order valence-corrected chi connectivity index (χ0v) is 11.2. The van der Waals surface area contributed by atoms with E-state index >= 15 is 0 Å². The molecule has 1 saturated heterocycles. The van der Waals surface area contributed by atoms with Crippen LogP contribution in [0.25, 0.3) is 0 Å². The fraction of sp³-hybridized carbons (Fsp3) is 0.500. The Kier molecular flexibility index (Phi) is 4.94. The molecule has 0 saturated carbocycles. The molecule has 6 nitrogen and oxygen atoms in total. The molecule has 0 spiro atoms. The highest BCUT2D eigenvalue weighted by Crippen LogP contribution is 2.31. The van der Waals surface area contributed by atoms with E-state index in [1.165, 1.54) is 7.11 Å². The lowest BCUT2D eigenvalue weighted by atomic mass is 10.1. The minimum absolute atomic E-state index is 0.169. The van der Waals surface area contributed by atoms with E-state index in [9.17, 15) is 9.90 Å². The molecule has 1 aromatic carbocycles. The highest BCUT2D eigenvalue weighted by Gasteiger charge is 2.29. The van der Waals surface area contributed by atoms with Crippen LogP contribution in [0.4, 0.5) is 0 Å². The maximum Gasteiger partial charge on any atom is 0.202 e. The standard InChI is InChI=1S/C14H18O6/c1-18-13-4-9(7-15)2-3-12(13)20-14-6-10(17)5-11(8-16)19-14/h2-4,7,10-11,14,16-17H,5-6,8H2,1H3. The van der Waals surface area contributed by atoms with Crippen molar-refractivity contribution in [1.82, 2.24) is 0 Å². The number of carbonyl (C=O) groups is 1. The van der Waals surface area contributed by atoms with Crippen molar-refractivity contribution in [2.75, 3.05) is 13.7 Å². The van der Waals surface area contributed by atoms with Gasteiger partial charge >= 0.3 is 0 Å². The third-order valence-electron chi connectivity index (χ3n) is 3.13. The fourth-order valence-electron chi connectivity index (χ4n) is 2.14. The number of hydrogen-bond acceptors (Lipinski definition) is 6. The summed E-state index contributed by atoms with van der Waals surface area (Å²) in [6.07, 6.45) is -0.260. The number of aldehydes is 1. The van der Waals surface area contributed by atoms with Gasteiger partial charge in [-0.25, -0.2) is 0 Å². The summed E-state index contributed by atoms with van der Waals surface area (Å²) in [7, 11) is 1.48. The van der Waals surface area contributed by atoms with E-state index in [4.69, 9.17) is 19.3 Å². The van der Waals surface area contributed by atoms with E-state index in [1.807, 2.05) is 0 Å². The average molecular weight is 282 g/mol. The number of carbonyl (C=O) groups excluding carboxylic acids is 1. The highest BCUT2D eigenvalue weighted by atomic mass is 16.7. The molecule has 1 aliphatic heterocycles. The summed E-state index contributed by atoms with van der Waals surface area (Å²) in [4.78, 5) is 10.7. The number of benzene rings is 1. The Morgan fingerprint density at radius 2 is 2.20 bits per heavy atom. The zero-order chi connectivity index (χ0) is 14.5. The van der Waals surface area contributed by atoms with Gasteiger partial charge in [0, 0.05) is 18.4 Å². The molecule has 0 aliphatic carbocycles. The van der Waals surface area contributed by atoms with Gasteiger partial charge in [0.05, 0.1) is 25.9 Å². The SMILES string of the molecule is COc1cc(C=O)ccc1OC1CC(O)CC(CO)O1. The first kappa shape index (κ1) is 14.8. The highest BCUT2D eigenvalue weighted by molar-refractivity contribution is 5.76. The molecule has 3 unspecified atom stereocenters. The minimum atomic E-state index is -0.660. The summed E-state index contributed by atoms with van der Waals surface area (Å²) in [6.45, 7) is -0.169. The molecule has 0 radical (unpaired) electrons. The quantitative estimate of drug-likeness (QED) is 0.775. The first-order chi connectivity index (χ1) is 9.66. The molecule has 110 valence electrons. The molecular weight excluding hydrogens is 264 g/mol. The van der Waals surface area contributed by atoms with Crippen LogP contribution in [0.1, 0.15) is 23.2 Å². The molecule has 3 atom stereocenters. The van der Waals surface area contributed by atoms with Crippen LogP contribution in [0.3, 0.4) is 0 Å². The fourth-order valence-corrected chi connectivity index (χ4v) is 2.14. The van der Waals surface area contributed by atoms with E-state index in [0.29, 0.717) is 29.9 Å². The van der Waals surface area contributed by atoms with Gasteiger partial charge in [-0.2, -0.15) is 0 Å². The Morgan fingerprint density at radius 3 is 2.85 bits per heavy atom. The van der Waals surface area contributed by atoms with Crippen LogP contribution in [-0.2, 0) is 4.74 Å². The molecule has 1 heterocycles.